The van der Waals surface area contributed by atoms with E-state index >= 15 is 0 Å². The first-order valence-corrected chi connectivity index (χ1v) is 9.31. The zero-order valence-corrected chi connectivity index (χ0v) is 16.2. The van der Waals surface area contributed by atoms with Crippen LogP contribution in [-0.2, 0) is 4.74 Å². The number of hydrogen-bond donors (Lipinski definition) is 1. The highest BCUT2D eigenvalue weighted by Crippen LogP contribution is 2.20. The summed E-state index contributed by atoms with van der Waals surface area (Å²) in [5.74, 6) is 0. The van der Waals surface area contributed by atoms with Gasteiger partial charge < -0.3 is 15.0 Å². The number of rotatable bonds is 6. The zero-order chi connectivity index (χ0) is 18.4. The molecule has 0 radical (unpaired) electrons. The Kier molecular flexibility index (Phi) is 6.54. The molecule has 0 spiro atoms. The molecule has 0 amide bonds. The minimum absolute atomic E-state index is 0.184. The van der Waals surface area contributed by atoms with Gasteiger partial charge in [-0.3, -0.25) is 4.90 Å². The van der Waals surface area contributed by atoms with E-state index < -0.39 is 0 Å². The summed E-state index contributed by atoms with van der Waals surface area (Å²) in [6.07, 6.45) is 3.23. The van der Waals surface area contributed by atoms with Gasteiger partial charge in [0.1, 0.15) is 12.7 Å². The van der Waals surface area contributed by atoms with Crippen LogP contribution in [0.5, 0.6) is 0 Å². The molecule has 1 aromatic heterocycles. The van der Waals surface area contributed by atoms with Gasteiger partial charge in [0.15, 0.2) is 5.11 Å². The number of thiocarbonyl (C=S) groups is 1. The van der Waals surface area contributed by atoms with Gasteiger partial charge in [0, 0.05) is 33.2 Å². The summed E-state index contributed by atoms with van der Waals surface area (Å²) in [5, 5.41) is 8.29. The third kappa shape index (κ3) is 4.78. The summed E-state index contributed by atoms with van der Waals surface area (Å²) >= 11 is 5.56. The van der Waals surface area contributed by atoms with Gasteiger partial charge in [-0.15, -0.1) is 0 Å². The van der Waals surface area contributed by atoms with Crippen molar-refractivity contribution < 1.29 is 4.74 Å². The van der Waals surface area contributed by atoms with Crippen LogP contribution in [0, 0.1) is 0 Å². The smallest absolute Gasteiger partial charge is 0.169 e. The second kappa shape index (κ2) is 9.07. The predicted octanol–water partition coefficient (Wildman–Crippen LogP) is 1.47. The summed E-state index contributed by atoms with van der Waals surface area (Å²) in [6, 6.07) is 8.48. The van der Waals surface area contributed by atoms with Crippen LogP contribution in [0.2, 0.25) is 0 Å². The Morgan fingerprint density at radius 1 is 1.31 bits per heavy atom. The number of nitrogens with one attached hydrogen (secondary N) is 1. The maximum absolute atomic E-state index is 5.56. The highest BCUT2D eigenvalue weighted by atomic mass is 32.1. The molecule has 1 N–H and O–H groups in total. The van der Waals surface area contributed by atoms with Crippen molar-refractivity contribution in [1.29, 1.82) is 0 Å². The van der Waals surface area contributed by atoms with Gasteiger partial charge in [0.2, 0.25) is 0 Å². The van der Waals surface area contributed by atoms with Crippen molar-refractivity contribution >= 4 is 17.3 Å². The molecule has 1 aliphatic heterocycles. The molecule has 2 aromatic rings. The maximum Gasteiger partial charge on any atom is 0.169 e. The van der Waals surface area contributed by atoms with E-state index in [4.69, 9.17) is 17.0 Å². The van der Waals surface area contributed by atoms with E-state index in [2.05, 4.69) is 44.3 Å². The van der Waals surface area contributed by atoms with E-state index in [0.29, 0.717) is 0 Å². The second-order valence-electron chi connectivity index (χ2n) is 6.40. The molecule has 1 aliphatic rings. The standard InChI is InChI=1S/C18H26N6OS/c1-15(16-3-5-17(6-4-16)24-14-19-13-21-24)22(2)18(26)20-7-8-23-9-11-25-12-10-23/h3-6,13-15H,7-12H2,1-2H3,(H,20,26)/t15-/m1/s1. The van der Waals surface area contributed by atoms with Crippen LogP contribution in [0.15, 0.2) is 36.9 Å². The third-order valence-electron chi connectivity index (χ3n) is 4.77. The second-order valence-corrected chi connectivity index (χ2v) is 6.79. The van der Waals surface area contributed by atoms with Crippen molar-refractivity contribution in [3.05, 3.63) is 42.5 Å². The van der Waals surface area contributed by atoms with Gasteiger partial charge >= 0.3 is 0 Å². The molecule has 2 heterocycles. The van der Waals surface area contributed by atoms with Crippen LogP contribution in [0.25, 0.3) is 5.69 Å². The highest BCUT2D eigenvalue weighted by molar-refractivity contribution is 7.80. The minimum Gasteiger partial charge on any atom is -0.379 e. The van der Waals surface area contributed by atoms with Crippen molar-refractivity contribution in [1.82, 2.24) is 29.9 Å². The lowest BCUT2D eigenvalue weighted by Crippen LogP contribution is -2.44. The predicted molar refractivity (Wildman–Crippen MR) is 105 cm³/mol. The Morgan fingerprint density at radius 3 is 2.69 bits per heavy atom. The topological polar surface area (TPSA) is 58.5 Å². The average molecular weight is 375 g/mol. The fourth-order valence-electron chi connectivity index (χ4n) is 2.92. The van der Waals surface area contributed by atoms with Gasteiger partial charge in [0.25, 0.3) is 0 Å². The number of morpholine rings is 1. The molecule has 26 heavy (non-hydrogen) atoms. The number of ether oxygens (including phenoxy) is 1. The molecule has 1 fully saturated rings. The van der Waals surface area contributed by atoms with E-state index in [-0.39, 0.29) is 6.04 Å². The van der Waals surface area contributed by atoms with E-state index in [9.17, 15) is 0 Å². The lowest BCUT2D eigenvalue weighted by Gasteiger charge is -2.30. The monoisotopic (exact) mass is 374 g/mol. The van der Waals surface area contributed by atoms with Crippen LogP contribution in [-0.4, -0.2) is 76.1 Å². The van der Waals surface area contributed by atoms with Crippen LogP contribution >= 0.6 is 12.2 Å². The molecule has 140 valence electrons. The number of hydrogen-bond acceptors (Lipinski definition) is 5. The van der Waals surface area contributed by atoms with Gasteiger partial charge in [-0.25, -0.2) is 9.67 Å². The number of nitrogens with zero attached hydrogens (tertiary/aromatic N) is 5. The third-order valence-corrected chi connectivity index (χ3v) is 5.20. The number of benzene rings is 1. The van der Waals surface area contributed by atoms with E-state index in [1.54, 1.807) is 11.0 Å². The van der Waals surface area contributed by atoms with Crippen LogP contribution in [0.3, 0.4) is 0 Å². The average Bonchev–Trinajstić information content (AvgIpc) is 3.22. The number of aromatic nitrogens is 3. The minimum atomic E-state index is 0.184. The zero-order valence-electron chi connectivity index (χ0n) is 15.3. The molecule has 0 aliphatic carbocycles. The molecule has 1 aromatic carbocycles. The van der Waals surface area contributed by atoms with Crippen LogP contribution < -0.4 is 5.32 Å². The Labute approximate surface area is 160 Å². The Balaban J connectivity index is 1.49. The van der Waals surface area contributed by atoms with Crippen molar-refractivity contribution in [3.8, 4) is 5.69 Å². The van der Waals surface area contributed by atoms with E-state index in [1.807, 2.05) is 19.2 Å². The summed E-state index contributed by atoms with van der Waals surface area (Å²) in [6.45, 7) is 7.63. The van der Waals surface area contributed by atoms with Gasteiger partial charge in [-0.2, -0.15) is 5.10 Å². The van der Waals surface area contributed by atoms with Gasteiger partial charge in [-0.1, -0.05) is 12.1 Å². The summed E-state index contributed by atoms with van der Waals surface area (Å²) in [5.41, 5.74) is 2.20. The van der Waals surface area contributed by atoms with Gasteiger partial charge in [0.05, 0.1) is 24.9 Å². The molecular weight excluding hydrogens is 348 g/mol. The van der Waals surface area contributed by atoms with Crippen molar-refractivity contribution in [3.63, 3.8) is 0 Å². The Morgan fingerprint density at radius 2 is 2.04 bits per heavy atom. The highest BCUT2D eigenvalue weighted by Gasteiger charge is 2.15. The first-order chi connectivity index (χ1) is 12.6. The lowest BCUT2D eigenvalue weighted by atomic mass is 10.1. The fourth-order valence-corrected chi connectivity index (χ4v) is 3.18. The molecular formula is C18H26N6OS. The molecule has 7 nitrogen and oxygen atoms in total. The maximum atomic E-state index is 5.56. The first kappa shape index (κ1) is 18.8. The largest absolute Gasteiger partial charge is 0.379 e. The molecule has 1 atom stereocenters. The normalized spacial score (nSPS) is 16.2. The SMILES string of the molecule is C[C@H](c1ccc(-n2cncn2)cc1)N(C)C(=S)NCCN1CCOCC1. The molecule has 8 heteroatoms. The molecule has 0 saturated carbocycles. The lowest BCUT2D eigenvalue weighted by molar-refractivity contribution is 0.0388. The molecule has 1 saturated heterocycles. The summed E-state index contributed by atoms with van der Waals surface area (Å²) in [7, 11) is 2.03. The van der Waals surface area contributed by atoms with Gasteiger partial charge in [-0.05, 0) is 36.8 Å². The fraction of sp³-hybridized carbons (Fsp3) is 0.500. The molecule has 0 unspecified atom stereocenters. The summed E-state index contributed by atoms with van der Waals surface area (Å²) in [4.78, 5) is 8.47. The van der Waals surface area contributed by atoms with Crippen molar-refractivity contribution in [2.24, 2.45) is 0 Å². The Bertz CT molecular complexity index is 684. The van der Waals surface area contributed by atoms with Crippen LogP contribution in [0.4, 0.5) is 0 Å². The van der Waals surface area contributed by atoms with E-state index in [0.717, 1.165) is 50.2 Å². The first-order valence-electron chi connectivity index (χ1n) is 8.91. The van der Waals surface area contributed by atoms with E-state index in [1.165, 1.54) is 11.9 Å². The molecule has 0 bridgehead atoms. The summed E-state index contributed by atoms with van der Waals surface area (Å²) < 4.78 is 7.12. The van der Waals surface area contributed by atoms with Crippen molar-refractivity contribution in [2.45, 2.75) is 13.0 Å². The molecule has 3 rings (SSSR count). The van der Waals surface area contributed by atoms with Crippen molar-refractivity contribution in [2.75, 3.05) is 46.4 Å². The Hall–Kier alpha value is -2.03. The quantitative estimate of drug-likeness (QED) is 0.769. The van der Waals surface area contributed by atoms with Crippen LogP contribution in [0.1, 0.15) is 18.5 Å².